The minimum absolute atomic E-state index is 0.00119. The molecule has 3 unspecified atom stereocenters. The van der Waals surface area contributed by atoms with Gasteiger partial charge in [-0.05, 0) is 43.0 Å². The van der Waals surface area contributed by atoms with Gasteiger partial charge in [-0.2, -0.15) is 5.21 Å². The topological polar surface area (TPSA) is 95.0 Å². The summed E-state index contributed by atoms with van der Waals surface area (Å²) in [6.45, 7) is 0.610. The fraction of sp³-hybridized carbons (Fsp3) is 0.529. The predicted octanol–water partition coefficient (Wildman–Crippen LogP) is 1.77. The lowest BCUT2D eigenvalue weighted by Gasteiger charge is -2.31. The van der Waals surface area contributed by atoms with Crippen LogP contribution in [0.5, 0.6) is 0 Å². The Hall–Kier alpha value is -2.35. The molecule has 0 bridgehead atoms. The second-order valence-corrected chi connectivity index (χ2v) is 6.80. The van der Waals surface area contributed by atoms with E-state index in [2.05, 4.69) is 20.6 Å². The maximum Gasteiger partial charge on any atom is 0.257 e. The summed E-state index contributed by atoms with van der Waals surface area (Å²) in [6, 6.07) is 4.36. The summed E-state index contributed by atoms with van der Waals surface area (Å²) in [4.78, 5) is 14.6. The van der Waals surface area contributed by atoms with Gasteiger partial charge in [-0.25, -0.2) is 4.39 Å². The highest BCUT2D eigenvalue weighted by atomic mass is 19.1. The molecular weight excluding hydrogens is 325 g/mol. The average Bonchev–Trinajstić information content (AvgIpc) is 3.35. The lowest BCUT2D eigenvalue weighted by molar-refractivity contribution is 0.0524. The monoisotopic (exact) mass is 345 g/mol. The summed E-state index contributed by atoms with van der Waals surface area (Å²) in [5.74, 6) is -0.511. The van der Waals surface area contributed by atoms with E-state index in [1.807, 2.05) is 0 Å². The first-order valence-electron chi connectivity index (χ1n) is 8.67. The second kappa shape index (κ2) is 6.51. The van der Waals surface area contributed by atoms with E-state index in [-0.39, 0.29) is 35.4 Å². The number of tetrazole rings is 1. The number of aromatic nitrogens is 4. The van der Waals surface area contributed by atoms with Crippen molar-refractivity contribution in [2.75, 3.05) is 6.54 Å². The first kappa shape index (κ1) is 16.1. The standard InChI is InChI=1S/C17H20FN5O2/c18-13-9-10(16-19-21-22-20-16)6-7-11(13)17(25)23-8-2-4-14(23)12-3-1-5-15(12)24/h6-7,9,12,14-15,24H,1-5,8H2,(H,19,20,21,22). The van der Waals surface area contributed by atoms with Crippen molar-refractivity contribution in [1.82, 2.24) is 25.5 Å². The van der Waals surface area contributed by atoms with Crippen LogP contribution in [0.4, 0.5) is 4.39 Å². The number of H-pyrrole nitrogens is 1. The molecule has 4 rings (SSSR count). The Kier molecular flexibility index (Phi) is 4.20. The first-order valence-corrected chi connectivity index (χ1v) is 8.67. The molecule has 1 aliphatic carbocycles. The first-order chi connectivity index (χ1) is 12.1. The number of halogens is 1. The average molecular weight is 345 g/mol. The predicted molar refractivity (Wildman–Crippen MR) is 87.0 cm³/mol. The summed E-state index contributed by atoms with van der Waals surface area (Å²) >= 11 is 0. The number of hydrogen-bond donors (Lipinski definition) is 2. The highest BCUT2D eigenvalue weighted by molar-refractivity contribution is 5.95. The fourth-order valence-electron chi connectivity index (χ4n) is 4.17. The van der Waals surface area contributed by atoms with E-state index >= 15 is 0 Å². The Balaban J connectivity index is 1.58. The van der Waals surface area contributed by atoms with E-state index in [1.54, 1.807) is 11.0 Å². The van der Waals surface area contributed by atoms with Gasteiger partial charge in [-0.1, -0.05) is 12.5 Å². The zero-order chi connectivity index (χ0) is 17.4. The summed E-state index contributed by atoms with van der Waals surface area (Å²) in [5.41, 5.74) is 0.513. The Bertz CT molecular complexity index is 766. The lowest BCUT2D eigenvalue weighted by atomic mass is 9.93. The highest BCUT2D eigenvalue weighted by Crippen LogP contribution is 2.36. The van der Waals surface area contributed by atoms with Gasteiger partial charge in [0.1, 0.15) is 5.82 Å². The van der Waals surface area contributed by atoms with E-state index in [4.69, 9.17) is 0 Å². The number of rotatable bonds is 3. The minimum atomic E-state index is -0.593. The molecule has 132 valence electrons. The molecule has 0 radical (unpaired) electrons. The number of aliphatic hydroxyl groups is 1. The molecule has 2 aliphatic rings. The van der Waals surface area contributed by atoms with Crippen LogP contribution < -0.4 is 0 Å². The van der Waals surface area contributed by atoms with Crippen molar-refractivity contribution in [3.8, 4) is 11.4 Å². The zero-order valence-corrected chi connectivity index (χ0v) is 13.7. The van der Waals surface area contributed by atoms with Gasteiger partial charge >= 0.3 is 0 Å². The summed E-state index contributed by atoms with van der Waals surface area (Å²) in [5, 5.41) is 23.6. The summed E-state index contributed by atoms with van der Waals surface area (Å²) in [7, 11) is 0. The zero-order valence-electron chi connectivity index (χ0n) is 13.7. The number of carbonyl (C=O) groups excluding carboxylic acids is 1. The van der Waals surface area contributed by atoms with Crippen LogP contribution in [0.3, 0.4) is 0 Å². The number of hydrogen-bond acceptors (Lipinski definition) is 5. The third-order valence-corrected chi connectivity index (χ3v) is 5.39. The van der Waals surface area contributed by atoms with Gasteiger partial charge in [0.15, 0.2) is 0 Å². The molecule has 1 amide bonds. The number of aliphatic hydroxyl groups excluding tert-OH is 1. The number of aromatic amines is 1. The summed E-state index contributed by atoms with van der Waals surface area (Å²) in [6.07, 6.45) is 4.10. The molecule has 7 nitrogen and oxygen atoms in total. The fourth-order valence-corrected chi connectivity index (χ4v) is 4.17. The molecule has 1 aromatic heterocycles. The minimum Gasteiger partial charge on any atom is -0.393 e. The SMILES string of the molecule is O=C(c1ccc(-c2nn[nH]n2)cc1F)N1CCCC1C1CCCC1O. The van der Waals surface area contributed by atoms with Crippen molar-refractivity contribution in [1.29, 1.82) is 0 Å². The van der Waals surface area contributed by atoms with E-state index in [1.165, 1.54) is 12.1 Å². The molecule has 1 aliphatic heterocycles. The van der Waals surface area contributed by atoms with E-state index in [9.17, 15) is 14.3 Å². The van der Waals surface area contributed by atoms with Crippen LogP contribution in [-0.2, 0) is 0 Å². The van der Waals surface area contributed by atoms with Gasteiger partial charge in [0.05, 0.1) is 11.7 Å². The van der Waals surface area contributed by atoms with Crippen LogP contribution in [0.15, 0.2) is 18.2 Å². The summed E-state index contributed by atoms with van der Waals surface area (Å²) < 4.78 is 14.5. The molecule has 2 aromatic rings. The maximum absolute atomic E-state index is 14.5. The molecule has 25 heavy (non-hydrogen) atoms. The molecule has 1 saturated carbocycles. The van der Waals surface area contributed by atoms with Crippen LogP contribution in [0.1, 0.15) is 42.5 Å². The Labute approximate surface area is 144 Å². The normalized spacial score (nSPS) is 26.3. The number of amides is 1. The van der Waals surface area contributed by atoms with Crippen molar-refractivity contribution in [3.63, 3.8) is 0 Å². The molecule has 0 spiro atoms. The van der Waals surface area contributed by atoms with Gasteiger partial charge in [-0.3, -0.25) is 4.79 Å². The van der Waals surface area contributed by atoms with Gasteiger partial charge in [0.25, 0.3) is 5.91 Å². The number of nitrogens with zero attached hydrogens (tertiary/aromatic N) is 4. The van der Waals surface area contributed by atoms with Gasteiger partial charge < -0.3 is 10.0 Å². The highest BCUT2D eigenvalue weighted by Gasteiger charge is 2.40. The molecular formula is C17H20FN5O2. The Morgan fingerprint density at radius 2 is 2.16 bits per heavy atom. The van der Waals surface area contributed by atoms with Crippen LogP contribution in [-0.4, -0.2) is 55.2 Å². The van der Waals surface area contributed by atoms with Crippen molar-refractivity contribution in [2.24, 2.45) is 5.92 Å². The van der Waals surface area contributed by atoms with Crippen LogP contribution in [0.25, 0.3) is 11.4 Å². The number of carbonyl (C=O) groups is 1. The van der Waals surface area contributed by atoms with Crippen molar-refractivity contribution in [3.05, 3.63) is 29.6 Å². The van der Waals surface area contributed by atoms with Crippen molar-refractivity contribution in [2.45, 2.75) is 44.2 Å². The quantitative estimate of drug-likeness (QED) is 0.884. The van der Waals surface area contributed by atoms with Gasteiger partial charge in [-0.15, -0.1) is 10.2 Å². The molecule has 3 atom stereocenters. The van der Waals surface area contributed by atoms with E-state index in [0.717, 1.165) is 32.1 Å². The Morgan fingerprint density at radius 3 is 2.84 bits per heavy atom. The van der Waals surface area contributed by atoms with E-state index in [0.29, 0.717) is 12.1 Å². The third-order valence-electron chi connectivity index (χ3n) is 5.39. The van der Waals surface area contributed by atoms with Crippen LogP contribution >= 0.6 is 0 Å². The number of benzene rings is 1. The van der Waals surface area contributed by atoms with E-state index < -0.39 is 5.82 Å². The molecule has 8 heteroatoms. The molecule has 2 heterocycles. The maximum atomic E-state index is 14.5. The van der Waals surface area contributed by atoms with Crippen LogP contribution in [0.2, 0.25) is 0 Å². The van der Waals surface area contributed by atoms with Gasteiger partial charge in [0.2, 0.25) is 5.82 Å². The second-order valence-electron chi connectivity index (χ2n) is 6.80. The third kappa shape index (κ3) is 2.90. The molecule has 2 fully saturated rings. The van der Waals surface area contributed by atoms with Crippen LogP contribution in [0, 0.1) is 11.7 Å². The van der Waals surface area contributed by atoms with Crippen molar-refractivity contribution >= 4 is 5.91 Å². The molecule has 1 saturated heterocycles. The molecule has 1 aromatic carbocycles. The number of likely N-dealkylation sites (tertiary alicyclic amines) is 1. The number of nitrogens with one attached hydrogen (secondary N) is 1. The van der Waals surface area contributed by atoms with Gasteiger partial charge in [0, 0.05) is 24.1 Å². The lowest BCUT2D eigenvalue weighted by Crippen LogP contribution is -2.42. The molecule has 2 N–H and O–H groups in total. The largest absolute Gasteiger partial charge is 0.393 e. The van der Waals surface area contributed by atoms with Crippen molar-refractivity contribution < 1.29 is 14.3 Å². The smallest absolute Gasteiger partial charge is 0.257 e. The Morgan fingerprint density at radius 1 is 1.28 bits per heavy atom.